The highest BCUT2D eigenvalue weighted by Gasteiger charge is 2.41. The topological polar surface area (TPSA) is 67.5 Å². The number of halogens is 3. The largest absolute Gasteiger partial charge is 0.416 e. The summed E-state index contributed by atoms with van der Waals surface area (Å²) in [5, 5.41) is 18.5. The fourth-order valence-electron chi connectivity index (χ4n) is 3.49. The Hall–Kier alpha value is -1.90. The van der Waals surface area contributed by atoms with Gasteiger partial charge in [-0.15, -0.1) is 0 Å². The summed E-state index contributed by atoms with van der Waals surface area (Å²) in [5.41, 5.74) is -0.887. The SMILES string of the molecule is COCc1cc([C@@H]2CC(O)(c3ccc(C(F)(F)F)cc3)C[C@H](C)N2)no1. The van der Waals surface area contributed by atoms with Crippen LogP contribution >= 0.6 is 0 Å². The first-order chi connectivity index (χ1) is 12.2. The van der Waals surface area contributed by atoms with Gasteiger partial charge in [0.05, 0.1) is 17.2 Å². The number of piperidine rings is 1. The van der Waals surface area contributed by atoms with Crippen molar-refractivity contribution in [3.8, 4) is 0 Å². The van der Waals surface area contributed by atoms with Crippen LogP contribution in [0, 0.1) is 0 Å². The minimum atomic E-state index is -4.40. The van der Waals surface area contributed by atoms with Crippen LogP contribution in [0.1, 0.15) is 48.4 Å². The fourth-order valence-corrected chi connectivity index (χ4v) is 3.49. The highest BCUT2D eigenvalue weighted by atomic mass is 19.4. The molecule has 1 aromatic carbocycles. The van der Waals surface area contributed by atoms with Crippen molar-refractivity contribution in [1.82, 2.24) is 10.5 Å². The van der Waals surface area contributed by atoms with Crippen LogP contribution in [0.5, 0.6) is 0 Å². The smallest absolute Gasteiger partial charge is 0.385 e. The fraction of sp³-hybridized carbons (Fsp3) is 0.500. The lowest BCUT2D eigenvalue weighted by Crippen LogP contribution is -2.47. The van der Waals surface area contributed by atoms with Crippen LogP contribution < -0.4 is 5.32 Å². The molecule has 1 unspecified atom stereocenters. The van der Waals surface area contributed by atoms with E-state index in [1.54, 1.807) is 13.2 Å². The number of aliphatic hydroxyl groups is 1. The molecular formula is C18H21F3N2O3. The Morgan fingerprint density at radius 1 is 1.31 bits per heavy atom. The molecule has 5 nitrogen and oxygen atoms in total. The van der Waals surface area contributed by atoms with Crippen molar-refractivity contribution in [1.29, 1.82) is 0 Å². The van der Waals surface area contributed by atoms with Gasteiger partial charge in [0.25, 0.3) is 0 Å². The van der Waals surface area contributed by atoms with Crippen molar-refractivity contribution in [2.24, 2.45) is 0 Å². The highest BCUT2D eigenvalue weighted by molar-refractivity contribution is 5.30. The van der Waals surface area contributed by atoms with Gasteiger partial charge < -0.3 is 19.7 Å². The molecule has 2 N–H and O–H groups in total. The molecule has 0 aliphatic carbocycles. The van der Waals surface area contributed by atoms with Crippen molar-refractivity contribution in [3.63, 3.8) is 0 Å². The summed E-state index contributed by atoms with van der Waals surface area (Å²) < 4.78 is 48.5. The molecule has 0 bridgehead atoms. The van der Waals surface area contributed by atoms with E-state index in [4.69, 9.17) is 9.26 Å². The molecule has 1 aromatic heterocycles. The molecule has 0 saturated carbocycles. The van der Waals surface area contributed by atoms with E-state index in [2.05, 4.69) is 10.5 Å². The van der Waals surface area contributed by atoms with Gasteiger partial charge in [0.1, 0.15) is 12.3 Å². The number of benzene rings is 1. The first kappa shape index (κ1) is 18.9. The Morgan fingerprint density at radius 3 is 2.62 bits per heavy atom. The number of methoxy groups -OCH3 is 1. The van der Waals surface area contributed by atoms with Crippen molar-refractivity contribution in [2.45, 2.75) is 50.2 Å². The monoisotopic (exact) mass is 370 g/mol. The summed E-state index contributed by atoms with van der Waals surface area (Å²) in [6.07, 6.45) is -3.73. The third kappa shape index (κ3) is 3.92. The molecule has 1 aliphatic heterocycles. The lowest BCUT2D eigenvalue weighted by atomic mass is 9.78. The zero-order valence-corrected chi connectivity index (χ0v) is 14.5. The maximum Gasteiger partial charge on any atom is 0.416 e. The predicted octanol–water partition coefficient (Wildman–Crippen LogP) is 3.54. The maximum absolute atomic E-state index is 12.8. The molecule has 0 amide bonds. The lowest BCUT2D eigenvalue weighted by molar-refractivity contribution is -0.137. The van der Waals surface area contributed by atoms with Crippen molar-refractivity contribution < 1.29 is 27.5 Å². The standard InChI is InChI=1S/C18H21F3N2O3/c1-11-8-17(24,12-3-5-13(6-4-12)18(19,20)21)9-16(22-11)15-7-14(10-25-2)26-23-15/h3-7,11,16,22,24H,8-10H2,1-2H3/t11-,16-,17?/m0/s1. The minimum Gasteiger partial charge on any atom is -0.385 e. The first-order valence-electron chi connectivity index (χ1n) is 8.32. The van der Waals surface area contributed by atoms with E-state index in [1.807, 2.05) is 6.92 Å². The van der Waals surface area contributed by atoms with Crippen LogP contribution in [0.15, 0.2) is 34.9 Å². The Labute approximate surface area is 149 Å². The third-order valence-electron chi connectivity index (χ3n) is 4.64. The van der Waals surface area contributed by atoms with Crippen molar-refractivity contribution >= 4 is 0 Å². The van der Waals surface area contributed by atoms with Gasteiger partial charge in [0.15, 0.2) is 5.76 Å². The molecule has 1 aliphatic rings. The second kappa shape index (κ2) is 7.02. The molecule has 1 fully saturated rings. The Bertz CT molecular complexity index is 745. The molecule has 3 atom stereocenters. The van der Waals surface area contributed by atoms with E-state index in [9.17, 15) is 18.3 Å². The van der Waals surface area contributed by atoms with E-state index >= 15 is 0 Å². The number of hydrogen-bond donors (Lipinski definition) is 2. The Kier molecular flexibility index (Phi) is 5.09. The maximum atomic E-state index is 12.8. The summed E-state index contributed by atoms with van der Waals surface area (Å²) in [5.74, 6) is 0.570. The van der Waals surface area contributed by atoms with Gasteiger partial charge in [0.2, 0.25) is 0 Å². The van der Waals surface area contributed by atoms with Gasteiger partial charge in [0, 0.05) is 25.6 Å². The molecular weight excluding hydrogens is 349 g/mol. The number of alkyl halides is 3. The number of ether oxygens (including phenoxy) is 1. The number of rotatable bonds is 4. The average Bonchev–Trinajstić information content (AvgIpc) is 3.02. The van der Waals surface area contributed by atoms with Crippen LogP contribution in [0.3, 0.4) is 0 Å². The normalized spacial score (nSPS) is 26.8. The van der Waals surface area contributed by atoms with E-state index in [-0.39, 0.29) is 18.5 Å². The lowest BCUT2D eigenvalue weighted by Gasteiger charge is -2.40. The predicted molar refractivity (Wildman–Crippen MR) is 87.1 cm³/mol. The van der Waals surface area contributed by atoms with E-state index in [0.29, 0.717) is 30.0 Å². The number of nitrogens with one attached hydrogen (secondary N) is 1. The van der Waals surface area contributed by atoms with E-state index < -0.39 is 17.3 Å². The van der Waals surface area contributed by atoms with E-state index in [0.717, 1.165) is 12.1 Å². The van der Waals surface area contributed by atoms with Gasteiger partial charge in [-0.25, -0.2) is 0 Å². The molecule has 0 radical (unpaired) electrons. The highest BCUT2D eigenvalue weighted by Crippen LogP contribution is 2.40. The van der Waals surface area contributed by atoms with Crippen molar-refractivity contribution in [3.05, 3.63) is 52.9 Å². The second-order valence-corrected chi connectivity index (χ2v) is 6.79. The van der Waals surface area contributed by atoms with Gasteiger partial charge in [-0.2, -0.15) is 13.2 Å². The summed E-state index contributed by atoms with van der Waals surface area (Å²) >= 11 is 0. The zero-order valence-electron chi connectivity index (χ0n) is 14.5. The quantitative estimate of drug-likeness (QED) is 0.862. The summed E-state index contributed by atoms with van der Waals surface area (Å²) in [7, 11) is 1.55. The molecule has 2 heterocycles. The molecule has 1 saturated heterocycles. The molecule has 142 valence electrons. The van der Waals surface area contributed by atoms with Crippen LogP contribution in [-0.2, 0) is 23.1 Å². The van der Waals surface area contributed by atoms with Gasteiger partial charge in [-0.1, -0.05) is 17.3 Å². The van der Waals surface area contributed by atoms with Crippen LogP contribution in [0.25, 0.3) is 0 Å². The molecule has 26 heavy (non-hydrogen) atoms. The van der Waals surface area contributed by atoms with Crippen LogP contribution in [-0.4, -0.2) is 23.4 Å². The molecule has 8 heteroatoms. The summed E-state index contributed by atoms with van der Waals surface area (Å²) in [6, 6.07) is 6.12. The summed E-state index contributed by atoms with van der Waals surface area (Å²) in [6.45, 7) is 2.20. The van der Waals surface area contributed by atoms with Gasteiger partial charge in [-0.3, -0.25) is 0 Å². The molecule has 3 rings (SSSR count). The second-order valence-electron chi connectivity index (χ2n) is 6.79. The van der Waals surface area contributed by atoms with Crippen molar-refractivity contribution in [2.75, 3.05) is 7.11 Å². The van der Waals surface area contributed by atoms with Gasteiger partial charge >= 0.3 is 6.18 Å². The minimum absolute atomic E-state index is 0.0522. The third-order valence-corrected chi connectivity index (χ3v) is 4.64. The Balaban J connectivity index is 1.83. The Morgan fingerprint density at radius 2 is 2.00 bits per heavy atom. The first-order valence-corrected chi connectivity index (χ1v) is 8.32. The van der Waals surface area contributed by atoms with Gasteiger partial charge in [-0.05, 0) is 31.0 Å². The van der Waals surface area contributed by atoms with E-state index in [1.165, 1.54) is 12.1 Å². The van der Waals surface area contributed by atoms with Crippen LogP contribution in [0.2, 0.25) is 0 Å². The number of hydrogen-bond acceptors (Lipinski definition) is 5. The summed E-state index contributed by atoms with van der Waals surface area (Å²) in [4.78, 5) is 0. The zero-order chi connectivity index (χ0) is 18.9. The molecule has 2 aromatic rings. The molecule has 0 spiro atoms. The number of aromatic nitrogens is 1. The average molecular weight is 370 g/mol. The number of nitrogens with zero attached hydrogens (tertiary/aromatic N) is 1. The van der Waals surface area contributed by atoms with Crippen LogP contribution in [0.4, 0.5) is 13.2 Å².